The van der Waals surface area contributed by atoms with Crippen LogP contribution in [0.4, 0.5) is 0 Å². The van der Waals surface area contributed by atoms with Gasteiger partial charge >= 0.3 is 0 Å². The summed E-state index contributed by atoms with van der Waals surface area (Å²) in [5.41, 5.74) is 2.36. The number of fused-ring (bicyclic) bond motifs is 1. The van der Waals surface area contributed by atoms with E-state index in [0.29, 0.717) is 12.5 Å². The summed E-state index contributed by atoms with van der Waals surface area (Å²) in [4.78, 5) is 19.1. The number of benzene rings is 1. The van der Waals surface area contributed by atoms with Crippen LogP contribution >= 0.6 is 0 Å². The highest BCUT2D eigenvalue weighted by Crippen LogP contribution is 2.46. The molecule has 1 atom stereocenters. The summed E-state index contributed by atoms with van der Waals surface area (Å²) in [6.45, 7) is 3.00. The third kappa shape index (κ3) is 4.30. The van der Waals surface area contributed by atoms with Gasteiger partial charge in [0.1, 0.15) is 11.4 Å². The molecule has 2 aromatic rings. The molecule has 29 heavy (non-hydrogen) atoms. The second-order valence-electron chi connectivity index (χ2n) is 8.90. The van der Waals surface area contributed by atoms with E-state index in [4.69, 9.17) is 4.74 Å². The first-order valence-electron chi connectivity index (χ1n) is 10.9. The Morgan fingerprint density at radius 2 is 1.90 bits per heavy atom. The monoisotopic (exact) mass is 391 g/mol. The molecule has 1 saturated heterocycles. The van der Waals surface area contributed by atoms with Crippen LogP contribution in [-0.4, -0.2) is 40.5 Å². The third-order valence-electron chi connectivity index (χ3n) is 6.60. The lowest BCUT2D eigenvalue weighted by molar-refractivity contribution is -0.122. The van der Waals surface area contributed by atoms with E-state index in [1.807, 2.05) is 18.5 Å². The summed E-state index contributed by atoms with van der Waals surface area (Å²) in [5, 5.41) is 3.16. The molecule has 1 aromatic carbocycles. The minimum absolute atomic E-state index is 0.145. The van der Waals surface area contributed by atoms with Crippen LogP contribution in [0.25, 0.3) is 0 Å². The van der Waals surface area contributed by atoms with E-state index in [-0.39, 0.29) is 17.4 Å². The maximum atomic E-state index is 12.5. The summed E-state index contributed by atoms with van der Waals surface area (Å²) in [5.74, 6) is 1.41. The lowest BCUT2D eigenvalue weighted by atomic mass is 9.76. The van der Waals surface area contributed by atoms with Gasteiger partial charge in [0, 0.05) is 50.4 Å². The first-order valence-corrected chi connectivity index (χ1v) is 10.9. The number of aromatic nitrogens is 1. The lowest BCUT2D eigenvalue weighted by Crippen LogP contribution is -2.50. The molecule has 2 fully saturated rings. The van der Waals surface area contributed by atoms with Crippen LogP contribution in [-0.2, 0) is 11.3 Å². The van der Waals surface area contributed by atoms with Crippen molar-refractivity contribution in [2.75, 3.05) is 13.1 Å². The smallest absolute Gasteiger partial charge is 0.220 e. The number of rotatable bonds is 5. The van der Waals surface area contributed by atoms with Crippen LogP contribution in [0.1, 0.15) is 55.6 Å². The molecule has 3 heterocycles. The molecule has 1 spiro atoms. The molecular formula is C24H29N3O2. The van der Waals surface area contributed by atoms with Gasteiger partial charge in [0.15, 0.2) is 0 Å². The van der Waals surface area contributed by atoms with Crippen molar-refractivity contribution in [2.45, 2.75) is 62.6 Å². The van der Waals surface area contributed by atoms with E-state index in [0.717, 1.165) is 57.5 Å². The zero-order valence-corrected chi connectivity index (χ0v) is 16.8. The number of hydrogen-bond acceptors (Lipinski definition) is 4. The predicted octanol–water partition coefficient (Wildman–Crippen LogP) is 3.65. The molecule has 1 amide bonds. The average molecular weight is 392 g/mol. The Labute approximate surface area is 172 Å². The number of nitrogens with zero attached hydrogens (tertiary/aromatic N) is 2. The first-order chi connectivity index (χ1) is 14.2. The lowest BCUT2D eigenvalue weighted by Gasteiger charge is -2.47. The molecule has 1 aromatic heterocycles. The van der Waals surface area contributed by atoms with Gasteiger partial charge in [-0.3, -0.25) is 14.7 Å². The molecule has 1 unspecified atom stereocenters. The summed E-state index contributed by atoms with van der Waals surface area (Å²) >= 11 is 0. The molecule has 2 aliphatic heterocycles. The van der Waals surface area contributed by atoms with Gasteiger partial charge in [-0.1, -0.05) is 18.2 Å². The van der Waals surface area contributed by atoms with Gasteiger partial charge in [0.05, 0.1) is 0 Å². The molecule has 152 valence electrons. The van der Waals surface area contributed by atoms with Crippen molar-refractivity contribution < 1.29 is 9.53 Å². The van der Waals surface area contributed by atoms with E-state index in [9.17, 15) is 4.79 Å². The van der Waals surface area contributed by atoms with E-state index in [2.05, 4.69) is 45.5 Å². The number of likely N-dealkylation sites (tertiary alicyclic amines) is 1. The number of piperidine rings is 1. The van der Waals surface area contributed by atoms with Gasteiger partial charge in [0.2, 0.25) is 5.91 Å². The average Bonchev–Trinajstić information content (AvgIpc) is 3.55. The summed E-state index contributed by atoms with van der Waals surface area (Å²) in [6, 6.07) is 12.9. The highest BCUT2D eigenvalue weighted by molar-refractivity contribution is 5.77. The fraction of sp³-hybridized carbons (Fsp3) is 0.500. The number of amides is 1. The molecule has 1 aliphatic carbocycles. The molecule has 5 heteroatoms. The summed E-state index contributed by atoms with van der Waals surface area (Å²) < 4.78 is 6.60. The van der Waals surface area contributed by atoms with E-state index in [1.165, 1.54) is 11.1 Å². The first kappa shape index (κ1) is 18.6. The Kier molecular flexibility index (Phi) is 5.00. The van der Waals surface area contributed by atoms with Crippen molar-refractivity contribution in [3.63, 3.8) is 0 Å². The highest BCUT2D eigenvalue weighted by atomic mass is 16.5. The quantitative estimate of drug-likeness (QED) is 0.845. The van der Waals surface area contributed by atoms with Crippen LogP contribution < -0.4 is 10.1 Å². The fourth-order valence-electron chi connectivity index (χ4n) is 4.84. The van der Waals surface area contributed by atoms with Gasteiger partial charge in [-0.2, -0.15) is 0 Å². The van der Waals surface area contributed by atoms with Crippen molar-refractivity contribution in [3.8, 4) is 5.75 Å². The molecule has 5 rings (SSSR count). The van der Waals surface area contributed by atoms with E-state index < -0.39 is 0 Å². The minimum atomic E-state index is -0.145. The van der Waals surface area contributed by atoms with Gasteiger partial charge < -0.3 is 10.1 Å². The Bertz CT molecular complexity index is 857. The zero-order chi connectivity index (χ0) is 19.7. The van der Waals surface area contributed by atoms with Crippen LogP contribution in [0.5, 0.6) is 5.75 Å². The van der Waals surface area contributed by atoms with Crippen molar-refractivity contribution in [3.05, 3.63) is 59.9 Å². The van der Waals surface area contributed by atoms with Crippen molar-refractivity contribution >= 4 is 5.91 Å². The van der Waals surface area contributed by atoms with Crippen LogP contribution in [0.15, 0.2) is 48.8 Å². The molecule has 1 N–H and O–H groups in total. The number of nitrogens with one attached hydrogen (secondary N) is 1. The molecular weight excluding hydrogens is 362 g/mol. The Balaban J connectivity index is 1.27. The largest absolute Gasteiger partial charge is 0.487 e. The number of hydrogen-bond donors (Lipinski definition) is 1. The van der Waals surface area contributed by atoms with Gasteiger partial charge in [-0.15, -0.1) is 0 Å². The topological polar surface area (TPSA) is 54.5 Å². The van der Waals surface area contributed by atoms with E-state index >= 15 is 0 Å². The molecule has 1 saturated carbocycles. The van der Waals surface area contributed by atoms with Gasteiger partial charge in [-0.25, -0.2) is 0 Å². The van der Waals surface area contributed by atoms with Gasteiger partial charge in [-0.05, 0) is 61.4 Å². The Hall–Kier alpha value is -2.40. The molecule has 0 bridgehead atoms. The fourth-order valence-corrected chi connectivity index (χ4v) is 4.84. The summed E-state index contributed by atoms with van der Waals surface area (Å²) in [6.07, 6.45) is 9.50. The number of carbonyl (C=O) groups excluding carboxylic acids is 1. The second kappa shape index (κ2) is 7.79. The summed E-state index contributed by atoms with van der Waals surface area (Å²) in [7, 11) is 0. The molecule has 3 aliphatic rings. The van der Waals surface area contributed by atoms with Crippen LogP contribution in [0.3, 0.4) is 0 Å². The second-order valence-corrected chi connectivity index (χ2v) is 8.90. The number of ether oxygens (including phenoxy) is 1. The SMILES string of the molecule is O=C(CC1CC2(CCN(Cc3ccncc3)CC2)Oc2ccccc21)NC1CC1. The van der Waals surface area contributed by atoms with E-state index in [1.54, 1.807) is 0 Å². The maximum Gasteiger partial charge on any atom is 0.220 e. The Morgan fingerprint density at radius 3 is 2.66 bits per heavy atom. The van der Waals surface area contributed by atoms with Crippen molar-refractivity contribution in [1.82, 2.24) is 15.2 Å². The van der Waals surface area contributed by atoms with Crippen LogP contribution in [0, 0.1) is 0 Å². The number of carbonyl (C=O) groups is 1. The Morgan fingerprint density at radius 1 is 1.14 bits per heavy atom. The standard InChI is InChI=1S/C24H29N3O2/c28-23(26-20-5-6-20)15-19-16-24(29-22-4-2-1-3-21(19)22)9-13-27(14-10-24)17-18-7-11-25-12-8-18/h1-4,7-8,11-12,19-20H,5-6,9-10,13-17H2,(H,26,28). The number of pyridine rings is 1. The van der Waals surface area contributed by atoms with Crippen molar-refractivity contribution in [2.24, 2.45) is 0 Å². The van der Waals surface area contributed by atoms with Crippen LogP contribution in [0.2, 0.25) is 0 Å². The third-order valence-corrected chi connectivity index (χ3v) is 6.60. The molecule has 5 nitrogen and oxygen atoms in total. The zero-order valence-electron chi connectivity index (χ0n) is 16.8. The predicted molar refractivity (Wildman–Crippen MR) is 112 cm³/mol. The normalized spacial score (nSPS) is 23.2. The molecule has 0 radical (unpaired) electrons. The highest BCUT2D eigenvalue weighted by Gasteiger charge is 2.43. The minimum Gasteiger partial charge on any atom is -0.487 e. The maximum absolute atomic E-state index is 12.5. The van der Waals surface area contributed by atoms with Gasteiger partial charge in [0.25, 0.3) is 0 Å². The number of para-hydroxylation sites is 1. The van der Waals surface area contributed by atoms with Crippen molar-refractivity contribution in [1.29, 1.82) is 0 Å².